The first-order valence-electron chi connectivity index (χ1n) is 8.65. The highest BCUT2D eigenvalue weighted by molar-refractivity contribution is 9.11. The highest BCUT2D eigenvalue weighted by atomic mass is 79.9. The fraction of sp³-hybridized carbons (Fsp3) is 0.100. The molecule has 0 saturated heterocycles. The molecule has 0 atom stereocenters. The molecular formula is C20H6Br2S6. The molecule has 0 fully saturated rings. The summed E-state index contributed by atoms with van der Waals surface area (Å²) in [6.07, 6.45) is 2.24. The van der Waals surface area contributed by atoms with E-state index in [1.165, 1.54) is 26.4 Å². The molecule has 0 nitrogen and oxygen atoms in total. The third-order valence-electron chi connectivity index (χ3n) is 5.69. The fourth-order valence-corrected chi connectivity index (χ4v) is 14.3. The van der Waals surface area contributed by atoms with Crippen LogP contribution in [-0.4, -0.2) is 0 Å². The minimum atomic E-state index is 1.12. The van der Waals surface area contributed by atoms with Crippen LogP contribution < -0.4 is 0 Å². The second kappa shape index (κ2) is 5.40. The normalized spacial score (nSPS) is 14.5. The van der Waals surface area contributed by atoms with E-state index >= 15 is 0 Å². The molecule has 0 unspecified atom stereocenters. The van der Waals surface area contributed by atoms with Crippen molar-refractivity contribution in [1.82, 2.24) is 0 Å². The average molecular weight is 598 g/mol. The van der Waals surface area contributed by atoms with Crippen molar-refractivity contribution < 1.29 is 0 Å². The molecule has 6 aromatic heterocycles. The average Bonchev–Trinajstić information content (AvgIpc) is 3.41. The first-order valence-corrected chi connectivity index (χ1v) is 15.1. The van der Waals surface area contributed by atoms with Gasteiger partial charge in [0.2, 0.25) is 0 Å². The van der Waals surface area contributed by atoms with Gasteiger partial charge in [0.15, 0.2) is 0 Å². The summed E-state index contributed by atoms with van der Waals surface area (Å²) in [4.78, 5) is 6.21. The maximum absolute atomic E-state index is 3.67. The van der Waals surface area contributed by atoms with Crippen LogP contribution in [-0.2, 0) is 12.8 Å². The van der Waals surface area contributed by atoms with Crippen LogP contribution in [0, 0.1) is 0 Å². The van der Waals surface area contributed by atoms with E-state index in [9.17, 15) is 0 Å². The lowest BCUT2D eigenvalue weighted by Gasteiger charge is -1.93. The van der Waals surface area contributed by atoms with Crippen molar-refractivity contribution in [1.29, 1.82) is 0 Å². The lowest BCUT2D eigenvalue weighted by Crippen LogP contribution is -1.78. The molecule has 0 saturated carbocycles. The monoisotopic (exact) mass is 596 g/mol. The van der Waals surface area contributed by atoms with Crippen LogP contribution >= 0.6 is 99.9 Å². The zero-order valence-corrected chi connectivity index (χ0v) is 21.8. The largest absolute Gasteiger partial charge is 0.133 e. The van der Waals surface area contributed by atoms with E-state index in [4.69, 9.17) is 0 Å². The molecule has 0 bridgehead atoms. The van der Waals surface area contributed by atoms with Crippen LogP contribution in [0.2, 0.25) is 0 Å². The molecule has 6 heterocycles. The van der Waals surface area contributed by atoms with E-state index in [1.54, 1.807) is 51.2 Å². The van der Waals surface area contributed by atoms with Crippen molar-refractivity contribution in [2.75, 3.05) is 0 Å². The Hall–Kier alpha value is -0.0600. The summed E-state index contributed by atoms with van der Waals surface area (Å²) in [5, 5.41) is 0. The summed E-state index contributed by atoms with van der Waals surface area (Å²) in [5.41, 5.74) is 6.37. The van der Waals surface area contributed by atoms with E-state index in [2.05, 4.69) is 66.7 Å². The molecular weight excluding hydrogens is 592 g/mol. The first kappa shape index (κ1) is 16.6. The molecule has 28 heavy (non-hydrogen) atoms. The van der Waals surface area contributed by atoms with Crippen molar-refractivity contribution in [3.8, 4) is 19.5 Å². The van der Waals surface area contributed by atoms with Gasteiger partial charge >= 0.3 is 0 Å². The van der Waals surface area contributed by atoms with Gasteiger partial charge in [-0.3, -0.25) is 0 Å². The molecule has 0 aliphatic heterocycles. The van der Waals surface area contributed by atoms with Gasteiger partial charge in [-0.15, -0.1) is 68.0 Å². The van der Waals surface area contributed by atoms with Crippen LogP contribution in [0.15, 0.2) is 19.7 Å². The van der Waals surface area contributed by atoms with Crippen LogP contribution in [0.3, 0.4) is 0 Å². The molecule has 8 heteroatoms. The number of thiophene rings is 6. The van der Waals surface area contributed by atoms with Crippen LogP contribution in [0.5, 0.6) is 0 Å². The lowest BCUT2D eigenvalue weighted by molar-refractivity contribution is 1.32. The molecule has 2 aliphatic rings. The molecule has 136 valence electrons. The van der Waals surface area contributed by atoms with Crippen LogP contribution in [0.4, 0.5) is 0 Å². The van der Waals surface area contributed by atoms with Crippen molar-refractivity contribution in [2.24, 2.45) is 0 Å². The quantitative estimate of drug-likeness (QED) is 0.163. The molecule has 0 N–H and O–H groups in total. The number of rotatable bonds is 0. The van der Waals surface area contributed by atoms with E-state index in [1.807, 2.05) is 45.3 Å². The van der Waals surface area contributed by atoms with Gasteiger partial charge in [-0.2, -0.15) is 0 Å². The predicted molar refractivity (Wildman–Crippen MR) is 138 cm³/mol. The molecule has 0 spiro atoms. The van der Waals surface area contributed by atoms with Crippen molar-refractivity contribution in [3.63, 3.8) is 0 Å². The van der Waals surface area contributed by atoms with Crippen molar-refractivity contribution >= 4 is 128 Å². The molecule has 0 amide bonds. The Morgan fingerprint density at radius 3 is 1.36 bits per heavy atom. The smallest absolute Gasteiger partial charge is 0.0719 e. The number of halogens is 2. The van der Waals surface area contributed by atoms with Gasteiger partial charge < -0.3 is 0 Å². The zero-order valence-electron chi connectivity index (χ0n) is 13.8. The Morgan fingerprint density at radius 2 is 0.893 bits per heavy atom. The summed E-state index contributed by atoms with van der Waals surface area (Å²) in [7, 11) is 0. The lowest BCUT2D eigenvalue weighted by atomic mass is 10.1. The van der Waals surface area contributed by atoms with Crippen LogP contribution in [0.1, 0.15) is 22.3 Å². The Kier molecular flexibility index (Phi) is 3.20. The number of fused-ring (bicyclic) bond motifs is 13. The minimum absolute atomic E-state index is 1.12. The van der Waals surface area contributed by atoms with E-state index < -0.39 is 0 Å². The van der Waals surface area contributed by atoms with E-state index in [0.717, 1.165) is 12.8 Å². The first-order chi connectivity index (χ1) is 13.7. The summed E-state index contributed by atoms with van der Waals surface area (Å²) in [6, 6.07) is 4.58. The highest BCUT2D eigenvalue weighted by Gasteiger charge is 2.34. The summed E-state index contributed by atoms with van der Waals surface area (Å²) in [5.74, 6) is 0. The summed E-state index contributed by atoms with van der Waals surface area (Å²) in [6.45, 7) is 0. The molecule has 8 rings (SSSR count). The Morgan fingerprint density at radius 1 is 0.500 bits per heavy atom. The molecule has 2 aliphatic carbocycles. The third-order valence-corrected chi connectivity index (χ3v) is 14.7. The zero-order chi connectivity index (χ0) is 18.3. The second-order valence-corrected chi connectivity index (χ2v) is 16.1. The van der Waals surface area contributed by atoms with Gasteiger partial charge in [0.05, 0.1) is 45.9 Å². The van der Waals surface area contributed by atoms with Crippen molar-refractivity contribution in [2.45, 2.75) is 12.8 Å². The Bertz CT molecular complexity index is 1520. The topological polar surface area (TPSA) is 0 Å². The SMILES string of the molecule is Brc1cc2sc3c(c2s1)Cc1c-3sc2c3c(sc12)-c1sc2cc(Br)sc2c1C3. The number of hydrogen-bond acceptors (Lipinski definition) is 6. The second-order valence-electron chi connectivity index (χ2n) is 7.14. The third kappa shape index (κ3) is 1.91. The van der Waals surface area contributed by atoms with Gasteiger partial charge in [0.25, 0.3) is 0 Å². The van der Waals surface area contributed by atoms with E-state index in [0.29, 0.717) is 0 Å². The van der Waals surface area contributed by atoms with Gasteiger partial charge in [0.1, 0.15) is 0 Å². The van der Waals surface area contributed by atoms with Crippen molar-refractivity contribution in [3.05, 3.63) is 42.0 Å². The highest BCUT2D eigenvalue weighted by Crippen LogP contribution is 2.61. The maximum Gasteiger partial charge on any atom is 0.0719 e. The molecule has 6 aromatic rings. The predicted octanol–water partition coefficient (Wildman–Crippen LogP) is 10.2. The molecule has 0 radical (unpaired) electrons. The molecule has 0 aromatic carbocycles. The Labute approximate surface area is 200 Å². The van der Waals surface area contributed by atoms with Gasteiger partial charge in [-0.05, 0) is 66.2 Å². The van der Waals surface area contributed by atoms with Gasteiger partial charge in [-0.25, -0.2) is 0 Å². The van der Waals surface area contributed by atoms with Gasteiger partial charge in [0, 0.05) is 22.2 Å². The standard InChI is InChI=1S/C20H6Br2S6/c21-11-3-9-13(25-11)5-1-7-17(15(5)23-9)27-20-8-2-6-14-10(4-12(22)26-14)24-16(6)18(8)28-19(7)20/h3-4H,1-2H2. The summed E-state index contributed by atoms with van der Waals surface area (Å²) < 4.78 is 11.5. The Balaban J connectivity index is 1.36. The minimum Gasteiger partial charge on any atom is -0.133 e. The fourth-order valence-electron chi connectivity index (χ4n) is 4.57. The van der Waals surface area contributed by atoms with Gasteiger partial charge in [-0.1, -0.05) is 0 Å². The maximum atomic E-state index is 3.67. The van der Waals surface area contributed by atoms with Crippen LogP contribution in [0.25, 0.3) is 47.7 Å². The summed E-state index contributed by atoms with van der Waals surface area (Å²) >= 11 is 19.2. The number of hydrogen-bond donors (Lipinski definition) is 0. The van der Waals surface area contributed by atoms with E-state index in [-0.39, 0.29) is 0 Å².